The fourth-order valence-corrected chi connectivity index (χ4v) is 4.09. The molecular formula is C30H24N4O8. The fraction of sp³-hybridized carbons (Fsp3) is 0.100. The molecule has 3 aromatic carbocycles. The van der Waals surface area contributed by atoms with Crippen molar-refractivity contribution in [2.24, 2.45) is 5.84 Å². The average Bonchev–Trinajstić information content (AvgIpc) is 3.44. The van der Waals surface area contributed by atoms with E-state index in [0.29, 0.717) is 24.1 Å². The Morgan fingerprint density at radius 1 is 0.952 bits per heavy atom. The second-order valence-electron chi connectivity index (χ2n) is 8.71. The lowest BCUT2D eigenvalue weighted by Crippen LogP contribution is -2.32. The lowest BCUT2D eigenvalue weighted by atomic mass is 10.00. The zero-order chi connectivity index (χ0) is 30.1. The fourth-order valence-electron chi connectivity index (χ4n) is 4.09. The third kappa shape index (κ3) is 6.61. The van der Waals surface area contributed by atoms with Gasteiger partial charge in [-0.05, 0) is 29.7 Å². The number of alkyl carbamates (subject to hydrolysis) is 1. The van der Waals surface area contributed by atoms with Gasteiger partial charge in [-0.3, -0.25) is 10.2 Å². The number of furan rings is 1. The van der Waals surface area contributed by atoms with E-state index in [2.05, 4.69) is 5.32 Å². The number of carbonyl (C=O) groups excluding carboxylic acids is 4. The molecule has 0 saturated heterocycles. The van der Waals surface area contributed by atoms with Crippen LogP contribution in [0.5, 0.6) is 5.75 Å². The number of carbonyl (C=O) groups is 4. The van der Waals surface area contributed by atoms with Gasteiger partial charge in [0, 0.05) is 17.7 Å². The summed E-state index contributed by atoms with van der Waals surface area (Å²) in [6, 6.07) is 21.7. The van der Waals surface area contributed by atoms with Gasteiger partial charge >= 0.3 is 18.0 Å². The smallest absolute Gasteiger partial charge is 0.407 e. The van der Waals surface area contributed by atoms with Crippen molar-refractivity contribution in [2.75, 3.05) is 6.54 Å². The Balaban J connectivity index is 1.53. The number of amides is 2. The summed E-state index contributed by atoms with van der Waals surface area (Å²) in [5.74, 6) is 0.625. The number of phenols is 1. The average molecular weight is 569 g/mol. The molecule has 1 aromatic heterocycles. The maximum Gasteiger partial charge on any atom is 0.407 e. The maximum atomic E-state index is 13.1. The van der Waals surface area contributed by atoms with Crippen LogP contribution in [0.15, 0.2) is 83.5 Å². The zero-order valence-electron chi connectivity index (χ0n) is 22.0. The molecule has 12 heteroatoms. The lowest BCUT2D eigenvalue weighted by molar-refractivity contribution is 0.0374. The standard InChI is InChI=1S/C30H24N4O8/c31-15-22-23(35)12-11-21(25(22)27(36)34-32)28(37)42-29(38)26-24(19-9-5-2-6-10-19)20(16-40-26)17-41-30(39)33-14-13-18-7-3-1-4-8-18/h1-12,16,35H,13-14,17,32H2,(H,33,39)(H,34,36). The predicted molar refractivity (Wildman–Crippen MR) is 147 cm³/mol. The second kappa shape index (κ2) is 13.4. The molecule has 0 aliphatic carbocycles. The van der Waals surface area contributed by atoms with Crippen LogP contribution in [0.2, 0.25) is 0 Å². The molecule has 212 valence electrons. The van der Waals surface area contributed by atoms with Gasteiger partial charge in [0.25, 0.3) is 5.91 Å². The Hall–Kier alpha value is -5.93. The minimum Gasteiger partial charge on any atom is -0.507 e. The van der Waals surface area contributed by atoms with Crippen LogP contribution < -0.4 is 16.6 Å². The van der Waals surface area contributed by atoms with Crippen LogP contribution in [-0.2, 0) is 22.5 Å². The first-order valence-electron chi connectivity index (χ1n) is 12.5. The molecule has 1 heterocycles. The number of nitrogens with two attached hydrogens (primary N) is 1. The highest BCUT2D eigenvalue weighted by Crippen LogP contribution is 2.31. The molecule has 4 rings (SSSR count). The summed E-state index contributed by atoms with van der Waals surface area (Å²) in [5.41, 5.74) is 2.26. The molecule has 0 fully saturated rings. The van der Waals surface area contributed by atoms with E-state index in [1.54, 1.807) is 41.8 Å². The van der Waals surface area contributed by atoms with Gasteiger partial charge in [-0.1, -0.05) is 60.7 Å². The minimum atomic E-state index is -1.30. The largest absolute Gasteiger partial charge is 0.507 e. The van der Waals surface area contributed by atoms with Crippen molar-refractivity contribution < 1.29 is 38.2 Å². The number of hydrazine groups is 1. The van der Waals surface area contributed by atoms with E-state index >= 15 is 0 Å². The molecule has 0 radical (unpaired) electrons. The van der Waals surface area contributed by atoms with Gasteiger partial charge in [-0.2, -0.15) is 5.26 Å². The van der Waals surface area contributed by atoms with E-state index in [9.17, 15) is 29.5 Å². The number of nitrogens with one attached hydrogen (secondary N) is 2. The van der Waals surface area contributed by atoms with Gasteiger partial charge in [0.05, 0.1) is 17.4 Å². The van der Waals surface area contributed by atoms with Crippen molar-refractivity contribution in [1.29, 1.82) is 5.26 Å². The van der Waals surface area contributed by atoms with Crippen LogP contribution >= 0.6 is 0 Å². The normalized spacial score (nSPS) is 10.3. The van der Waals surface area contributed by atoms with Gasteiger partial charge in [-0.25, -0.2) is 20.2 Å². The maximum absolute atomic E-state index is 13.1. The molecule has 12 nitrogen and oxygen atoms in total. The summed E-state index contributed by atoms with van der Waals surface area (Å²) in [6.07, 6.45) is 1.12. The van der Waals surface area contributed by atoms with Gasteiger partial charge in [0.1, 0.15) is 24.0 Å². The van der Waals surface area contributed by atoms with E-state index in [1.165, 1.54) is 6.26 Å². The monoisotopic (exact) mass is 568 g/mol. The van der Waals surface area contributed by atoms with Crippen LogP contribution in [0.3, 0.4) is 0 Å². The molecule has 4 aromatic rings. The van der Waals surface area contributed by atoms with E-state index in [-0.39, 0.29) is 17.9 Å². The molecule has 0 spiro atoms. The topological polar surface area (TPSA) is 194 Å². The lowest BCUT2D eigenvalue weighted by Gasteiger charge is -2.11. The summed E-state index contributed by atoms with van der Waals surface area (Å²) >= 11 is 0. The number of esters is 2. The number of benzene rings is 3. The first kappa shape index (κ1) is 29.1. The van der Waals surface area contributed by atoms with Crippen molar-refractivity contribution >= 4 is 23.9 Å². The van der Waals surface area contributed by atoms with Crippen molar-refractivity contribution in [2.45, 2.75) is 13.0 Å². The third-order valence-electron chi connectivity index (χ3n) is 6.06. The molecule has 0 atom stereocenters. The highest BCUT2D eigenvalue weighted by atomic mass is 16.6. The van der Waals surface area contributed by atoms with E-state index in [4.69, 9.17) is 19.7 Å². The summed E-state index contributed by atoms with van der Waals surface area (Å²) in [4.78, 5) is 50.7. The number of nitriles is 1. The van der Waals surface area contributed by atoms with Crippen molar-refractivity contribution in [3.63, 3.8) is 0 Å². The molecule has 5 N–H and O–H groups in total. The number of nitrogen functional groups attached to an aromatic ring is 1. The summed E-state index contributed by atoms with van der Waals surface area (Å²) in [5, 5.41) is 22.0. The number of hydrogen-bond acceptors (Lipinski definition) is 10. The van der Waals surface area contributed by atoms with Crippen molar-refractivity contribution in [3.05, 3.63) is 113 Å². The van der Waals surface area contributed by atoms with Gasteiger partial charge in [-0.15, -0.1) is 0 Å². The number of hydrogen-bond donors (Lipinski definition) is 4. The number of phenolic OH excluding ortho intramolecular Hbond substituents is 1. The van der Waals surface area contributed by atoms with Crippen LogP contribution in [0.4, 0.5) is 4.79 Å². The molecule has 0 unspecified atom stereocenters. The van der Waals surface area contributed by atoms with E-state index in [1.807, 2.05) is 30.3 Å². The third-order valence-corrected chi connectivity index (χ3v) is 6.06. The van der Waals surface area contributed by atoms with Crippen LogP contribution in [0.1, 0.15) is 48.0 Å². The Kier molecular flexibility index (Phi) is 9.29. The Morgan fingerprint density at radius 2 is 1.64 bits per heavy atom. The molecule has 2 amide bonds. The molecule has 0 bridgehead atoms. The summed E-state index contributed by atoms with van der Waals surface area (Å²) in [6.45, 7) is 0.0742. The first-order valence-corrected chi connectivity index (χ1v) is 12.5. The van der Waals surface area contributed by atoms with Crippen LogP contribution in [0, 0.1) is 11.3 Å². The van der Waals surface area contributed by atoms with Gasteiger partial charge in [0.2, 0.25) is 5.76 Å². The van der Waals surface area contributed by atoms with Crippen molar-refractivity contribution in [1.82, 2.24) is 10.7 Å². The molecule has 42 heavy (non-hydrogen) atoms. The second-order valence-corrected chi connectivity index (χ2v) is 8.71. The van der Waals surface area contributed by atoms with E-state index in [0.717, 1.165) is 17.7 Å². The van der Waals surface area contributed by atoms with Crippen LogP contribution in [-0.4, -0.2) is 35.6 Å². The van der Waals surface area contributed by atoms with Crippen molar-refractivity contribution in [3.8, 4) is 22.9 Å². The van der Waals surface area contributed by atoms with Gasteiger partial charge < -0.3 is 24.3 Å². The zero-order valence-corrected chi connectivity index (χ0v) is 22.0. The quantitative estimate of drug-likeness (QED) is 0.0762. The number of aromatic hydroxyl groups is 1. The van der Waals surface area contributed by atoms with Crippen LogP contribution in [0.25, 0.3) is 11.1 Å². The van der Waals surface area contributed by atoms with E-state index < -0.39 is 46.4 Å². The summed E-state index contributed by atoms with van der Waals surface area (Å²) in [7, 11) is 0. The summed E-state index contributed by atoms with van der Waals surface area (Å²) < 4.78 is 15.8. The number of nitrogens with zero attached hydrogens (tertiary/aromatic N) is 1. The molecule has 0 aliphatic rings. The predicted octanol–water partition coefficient (Wildman–Crippen LogP) is 3.59. The first-order chi connectivity index (χ1) is 20.3. The Bertz CT molecular complexity index is 1660. The highest BCUT2D eigenvalue weighted by Gasteiger charge is 2.29. The molecule has 0 saturated carbocycles. The number of rotatable bonds is 9. The minimum absolute atomic E-state index is 0.217. The molecule has 0 aliphatic heterocycles. The number of ether oxygens (including phenoxy) is 2. The highest BCUT2D eigenvalue weighted by molar-refractivity contribution is 6.11. The Labute approximate surface area is 239 Å². The SMILES string of the molecule is N#Cc1c(O)ccc(C(=O)OC(=O)c2occ(COC(=O)NCCc3ccccc3)c2-c2ccccc2)c1C(=O)NN. The Morgan fingerprint density at radius 3 is 2.31 bits per heavy atom. The van der Waals surface area contributed by atoms with Gasteiger partial charge in [0.15, 0.2) is 0 Å². The molecular weight excluding hydrogens is 544 g/mol.